The van der Waals surface area contributed by atoms with Crippen molar-refractivity contribution < 1.29 is 17.1 Å². The van der Waals surface area contributed by atoms with Crippen molar-refractivity contribution in [3.63, 3.8) is 0 Å². The Labute approximate surface area is 145 Å². The van der Waals surface area contributed by atoms with Crippen molar-refractivity contribution >= 4 is 37.9 Å². The molecule has 1 unspecified atom stereocenters. The highest BCUT2D eigenvalue weighted by Gasteiger charge is 2.41. The van der Waals surface area contributed by atoms with Gasteiger partial charge in [-0.1, -0.05) is 15.9 Å². The number of hydrogen-bond donors (Lipinski definition) is 0. The number of carbonyl (C=O) groups is 1. The maximum Gasteiger partial charge on any atom is 0.307 e. The number of amides is 1. The zero-order valence-electron chi connectivity index (χ0n) is 12.1. The van der Waals surface area contributed by atoms with Gasteiger partial charge in [0.2, 0.25) is 5.91 Å². The van der Waals surface area contributed by atoms with E-state index in [1.165, 1.54) is 10.9 Å². The van der Waals surface area contributed by atoms with Crippen molar-refractivity contribution in [2.24, 2.45) is 0 Å². The molecule has 0 N–H and O–H groups in total. The van der Waals surface area contributed by atoms with Gasteiger partial charge < -0.3 is 0 Å². The molecule has 0 bridgehead atoms. The Morgan fingerprint density at radius 3 is 2.54 bits per heavy atom. The summed E-state index contributed by atoms with van der Waals surface area (Å²) in [6.45, 7) is -0.353. The van der Waals surface area contributed by atoms with E-state index in [9.17, 15) is 22.4 Å². The van der Waals surface area contributed by atoms with Crippen LogP contribution in [0.5, 0.6) is 0 Å². The van der Waals surface area contributed by atoms with E-state index in [0.717, 1.165) is 9.37 Å². The highest BCUT2D eigenvalue weighted by atomic mass is 79.9. The number of nitriles is 1. The Balaban J connectivity index is 2.08. The van der Waals surface area contributed by atoms with Crippen LogP contribution in [0, 0.1) is 11.3 Å². The molecule has 1 aliphatic heterocycles. The Morgan fingerprint density at radius 1 is 1.33 bits per heavy atom. The molecule has 24 heavy (non-hydrogen) atoms. The average molecular weight is 413 g/mol. The summed E-state index contributed by atoms with van der Waals surface area (Å²) in [7, 11) is -4.84. The number of anilines is 1. The Hall–Kier alpha value is -2.25. The summed E-state index contributed by atoms with van der Waals surface area (Å²) < 4.78 is 37.6. The van der Waals surface area contributed by atoms with Gasteiger partial charge in [-0.05, 0) is 24.3 Å². The number of nitrogens with zero attached hydrogens (tertiary/aromatic N) is 4. The third-order valence-electron chi connectivity index (χ3n) is 3.68. The van der Waals surface area contributed by atoms with Gasteiger partial charge in [-0.15, -0.1) is 3.89 Å². The van der Waals surface area contributed by atoms with E-state index >= 15 is 0 Å². The zero-order valence-corrected chi connectivity index (χ0v) is 14.5. The molecule has 1 aromatic carbocycles. The fourth-order valence-corrected chi connectivity index (χ4v) is 3.45. The van der Waals surface area contributed by atoms with Gasteiger partial charge >= 0.3 is 10.2 Å². The first kappa shape index (κ1) is 16.6. The molecule has 1 atom stereocenters. The van der Waals surface area contributed by atoms with Crippen LogP contribution in [-0.2, 0) is 15.0 Å². The first-order valence-electron chi connectivity index (χ1n) is 6.79. The Bertz CT molecular complexity index is 949. The Morgan fingerprint density at radius 2 is 2.00 bits per heavy atom. The van der Waals surface area contributed by atoms with Crippen LogP contribution in [-0.4, -0.2) is 35.9 Å². The van der Waals surface area contributed by atoms with Crippen LogP contribution >= 0.6 is 15.9 Å². The summed E-state index contributed by atoms with van der Waals surface area (Å²) in [6, 6.07) is 8.86. The molecule has 0 aliphatic carbocycles. The summed E-state index contributed by atoms with van der Waals surface area (Å²) in [5.74, 6) is -0.437. The standard InChI is InChI=1S/C14H10BrFN4O3S/c15-10-1-3-11(4-2-10)20-14(9(6-17)7-18-20)19-8-12(5-13(19)21)24(16,22)23/h1-4,7,12H,5,8H2. The second kappa shape index (κ2) is 5.99. The Kier molecular flexibility index (Phi) is 4.15. The molecule has 1 fully saturated rings. The summed E-state index contributed by atoms with van der Waals surface area (Å²) in [4.78, 5) is 13.3. The quantitative estimate of drug-likeness (QED) is 0.717. The molecule has 2 aromatic rings. The highest BCUT2D eigenvalue weighted by molar-refractivity contribution is 9.10. The predicted octanol–water partition coefficient (Wildman–Crippen LogP) is 1.91. The lowest BCUT2D eigenvalue weighted by Crippen LogP contribution is -2.29. The molecule has 1 aliphatic rings. The SMILES string of the molecule is N#Cc1cnn(-c2ccc(Br)cc2)c1N1CC(S(=O)(=O)F)CC1=O. The van der Waals surface area contributed by atoms with Crippen LogP contribution in [0.25, 0.3) is 5.69 Å². The van der Waals surface area contributed by atoms with Gasteiger partial charge in [0.05, 0.1) is 11.9 Å². The van der Waals surface area contributed by atoms with Crippen LogP contribution in [0.2, 0.25) is 0 Å². The lowest BCUT2D eigenvalue weighted by molar-refractivity contribution is -0.117. The molecular weight excluding hydrogens is 403 g/mol. The third-order valence-corrected chi connectivity index (χ3v) is 5.32. The van der Waals surface area contributed by atoms with Crippen molar-refractivity contribution in [1.82, 2.24) is 9.78 Å². The van der Waals surface area contributed by atoms with Crippen molar-refractivity contribution in [1.29, 1.82) is 5.26 Å². The van der Waals surface area contributed by atoms with Crippen LogP contribution in [0.4, 0.5) is 9.70 Å². The largest absolute Gasteiger partial charge is 0.307 e. The van der Waals surface area contributed by atoms with E-state index in [-0.39, 0.29) is 17.9 Å². The molecule has 0 saturated carbocycles. The first-order valence-corrected chi connectivity index (χ1v) is 9.03. The molecule has 124 valence electrons. The number of aromatic nitrogens is 2. The van der Waals surface area contributed by atoms with E-state index in [1.54, 1.807) is 24.3 Å². The topological polar surface area (TPSA) is 96.1 Å². The molecule has 1 saturated heterocycles. The minimum atomic E-state index is -4.84. The van der Waals surface area contributed by atoms with Crippen molar-refractivity contribution in [3.8, 4) is 11.8 Å². The van der Waals surface area contributed by atoms with Crippen molar-refractivity contribution in [2.45, 2.75) is 11.7 Å². The molecule has 7 nitrogen and oxygen atoms in total. The predicted molar refractivity (Wildman–Crippen MR) is 86.8 cm³/mol. The molecule has 0 radical (unpaired) electrons. The summed E-state index contributed by atoms with van der Waals surface area (Å²) in [6.07, 6.45) is 0.817. The van der Waals surface area contributed by atoms with Gasteiger partial charge in [-0.25, -0.2) is 4.68 Å². The molecule has 1 aromatic heterocycles. The lowest BCUT2D eigenvalue weighted by atomic mass is 10.3. The normalized spacial score (nSPS) is 18.0. The zero-order chi connectivity index (χ0) is 17.5. The van der Waals surface area contributed by atoms with Crippen LogP contribution in [0.1, 0.15) is 12.0 Å². The molecule has 10 heteroatoms. The molecule has 3 rings (SSSR count). The van der Waals surface area contributed by atoms with E-state index in [0.29, 0.717) is 5.69 Å². The monoisotopic (exact) mass is 412 g/mol. The van der Waals surface area contributed by atoms with Gasteiger partial charge in [0.25, 0.3) is 0 Å². The first-order chi connectivity index (χ1) is 11.3. The summed E-state index contributed by atoms with van der Waals surface area (Å²) >= 11 is 3.31. The van der Waals surface area contributed by atoms with Gasteiger partial charge in [0, 0.05) is 17.4 Å². The second-order valence-corrected chi connectivity index (χ2v) is 7.72. The third kappa shape index (κ3) is 2.92. The summed E-state index contributed by atoms with van der Waals surface area (Å²) in [5.41, 5.74) is 0.678. The molecule has 1 amide bonds. The number of halogens is 2. The van der Waals surface area contributed by atoms with Gasteiger partial charge in [0.1, 0.15) is 16.9 Å². The molecule has 0 spiro atoms. The van der Waals surface area contributed by atoms with E-state index in [2.05, 4.69) is 21.0 Å². The van der Waals surface area contributed by atoms with Crippen LogP contribution < -0.4 is 4.90 Å². The highest BCUT2D eigenvalue weighted by Crippen LogP contribution is 2.30. The number of hydrogen-bond acceptors (Lipinski definition) is 5. The van der Waals surface area contributed by atoms with E-state index in [1.807, 2.05) is 6.07 Å². The summed E-state index contributed by atoms with van der Waals surface area (Å²) in [5, 5.41) is 11.9. The van der Waals surface area contributed by atoms with Crippen molar-refractivity contribution in [2.75, 3.05) is 11.4 Å². The molecular formula is C14H10BrFN4O3S. The minimum Gasteiger partial charge on any atom is -0.294 e. The second-order valence-electron chi connectivity index (χ2n) is 5.19. The fraction of sp³-hybridized carbons (Fsp3) is 0.214. The smallest absolute Gasteiger partial charge is 0.294 e. The maximum atomic E-state index is 13.2. The van der Waals surface area contributed by atoms with Crippen LogP contribution in [0.15, 0.2) is 34.9 Å². The molecule has 2 heterocycles. The number of carbonyl (C=O) groups excluding carboxylic acids is 1. The number of rotatable bonds is 3. The van der Waals surface area contributed by atoms with Gasteiger partial charge in [-0.3, -0.25) is 9.69 Å². The average Bonchev–Trinajstić information content (AvgIpc) is 3.10. The van der Waals surface area contributed by atoms with Crippen molar-refractivity contribution in [3.05, 3.63) is 40.5 Å². The lowest BCUT2D eigenvalue weighted by Gasteiger charge is -2.18. The van der Waals surface area contributed by atoms with Crippen LogP contribution in [0.3, 0.4) is 0 Å². The van der Waals surface area contributed by atoms with Gasteiger partial charge in [0.15, 0.2) is 5.82 Å². The fourth-order valence-electron chi connectivity index (χ4n) is 2.52. The number of benzene rings is 1. The van der Waals surface area contributed by atoms with E-state index < -0.39 is 27.8 Å². The van der Waals surface area contributed by atoms with E-state index in [4.69, 9.17) is 0 Å². The maximum absolute atomic E-state index is 13.2. The minimum absolute atomic E-state index is 0.100. The van der Waals surface area contributed by atoms with Gasteiger partial charge in [-0.2, -0.15) is 18.8 Å².